The largest absolute Gasteiger partial charge is 0.368 e. The van der Waals surface area contributed by atoms with Gasteiger partial charge in [0.25, 0.3) is 5.91 Å². The first-order chi connectivity index (χ1) is 12.3. The lowest BCUT2D eigenvalue weighted by molar-refractivity contribution is -0.141. The molecule has 1 amide bonds. The molecule has 130 valence electrons. The highest BCUT2D eigenvalue weighted by molar-refractivity contribution is 5.81. The minimum Gasteiger partial charge on any atom is -0.368 e. The first-order valence-electron chi connectivity index (χ1n) is 8.71. The Kier molecular flexibility index (Phi) is 4.56. The Hall–Kier alpha value is -2.54. The van der Waals surface area contributed by atoms with E-state index in [1.807, 2.05) is 29.2 Å². The summed E-state index contributed by atoms with van der Waals surface area (Å²) in [4.78, 5) is 29.8. The van der Waals surface area contributed by atoms with Gasteiger partial charge in [0, 0.05) is 45.2 Å². The molecule has 0 spiro atoms. The monoisotopic (exact) mass is 339 g/mol. The van der Waals surface area contributed by atoms with Crippen molar-refractivity contribution in [3.05, 3.63) is 36.7 Å². The number of ether oxygens (including phenoxy) is 1. The first-order valence-corrected chi connectivity index (χ1v) is 8.71. The first kappa shape index (κ1) is 16.0. The van der Waals surface area contributed by atoms with Crippen LogP contribution in [-0.2, 0) is 9.53 Å². The van der Waals surface area contributed by atoms with E-state index in [0.29, 0.717) is 25.6 Å². The predicted molar refractivity (Wildman–Crippen MR) is 93.0 cm³/mol. The van der Waals surface area contributed by atoms with Gasteiger partial charge >= 0.3 is 0 Å². The number of amides is 1. The summed E-state index contributed by atoms with van der Waals surface area (Å²) in [6.07, 6.45) is 5.09. The lowest BCUT2D eigenvalue weighted by Crippen LogP contribution is -2.51. The average molecular weight is 339 g/mol. The van der Waals surface area contributed by atoms with Gasteiger partial charge in [-0.15, -0.1) is 0 Å². The molecule has 1 atom stereocenters. The smallest absolute Gasteiger partial charge is 0.251 e. The van der Waals surface area contributed by atoms with Crippen molar-refractivity contribution in [2.75, 3.05) is 37.7 Å². The molecule has 0 bridgehead atoms. The number of nitrogens with zero attached hydrogens (tertiary/aromatic N) is 5. The van der Waals surface area contributed by atoms with Gasteiger partial charge in [-0.25, -0.2) is 9.97 Å². The van der Waals surface area contributed by atoms with Crippen LogP contribution in [0.2, 0.25) is 0 Å². The molecule has 2 aliphatic heterocycles. The lowest BCUT2D eigenvalue weighted by Gasteiger charge is -2.35. The number of hydrogen-bond acceptors (Lipinski definition) is 6. The fourth-order valence-corrected chi connectivity index (χ4v) is 3.26. The van der Waals surface area contributed by atoms with Crippen molar-refractivity contribution < 1.29 is 9.53 Å². The number of rotatable bonds is 3. The van der Waals surface area contributed by atoms with Crippen LogP contribution in [-0.4, -0.2) is 64.6 Å². The Morgan fingerprint density at radius 2 is 1.92 bits per heavy atom. The molecule has 0 N–H and O–H groups in total. The van der Waals surface area contributed by atoms with E-state index >= 15 is 0 Å². The van der Waals surface area contributed by atoms with E-state index in [1.165, 1.54) is 0 Å². The summed E-state index contributed by atoms with van der Waals surface area (Å²) < 4.78 is 5.51. The minimum atomic E-state index is -0.240. The van der Waals surface area contributed by atoms with Crippen molar-refractivity contribution >= 4 is 11.9 Å². The molecule has 2 aromatic heterocycles. The van der Waals surface area contributed by atoms with Gasteiger partial charge in [-0.2, -0.15) is 0 Å². The molecular formula is C18H21N5O2. The summed E-state index contributed by atoms with van der Waals surface area (Å²) in [7, 11) is 0. The average Bonchev–Trinajstić information content (AvgIpc) is 3.23. The number of carbonyl (C=O) groups is 1. The predicted octanol–water partition coefficient (Wildman–Crippen LogP) is 1.37. The van der Waals surface area contributed by atoms with Crippen LogP contribution in [0.25, 0.3) is 11.4 Å². The minimum absolute atomic E-state index is 0.125. The van der Waals surface area contributed by atoms with Crippen LogP contribution in [0, 0.1) is 0 Å². The van der Waals surface area contributed by atoms with Crippen LogP contribution in [0.5, 0.6) is 0 Å². The normalized spacial score (nSPS) is 20.7. The Morgan fingerprint density at radius 1 is 1.04 bits per heavy atom. The topological polar surface area (TPSA) is 71.5 Å². The third-order valence-corrected chi connectivity index (χ3v) is 4.65. The molecule has 2 saturated heterocycles. The molecule has 0 aliphatic carbocycles. The Morgan fingerprint density at radius 3 is 2.64 bits per heavy atom. The zero-order valence-electron chi connectivity index (χ0n) is 14.0. The molecule has 25 heavy (non-hydrogen) atoms. The van der Waals surface area contributed by atoms with Gasteiger partial charge in [-0.05, 0) is 31.0 Å². The van der Waals surface area contributed by atoms with Gasteiger partial charge in [0.05, 0.1) is 11.4 Å². The summed E-state index contributed by atoms with van der Waals surface area (Å²) in [5.41, 5.74) is 1.64. The van der Waals surface area contributed by atoms with E-state index in [9.17, 15) is 4.79 Å². The van der Waals surface area contributed by atoms with E-state index in [0.717, 1.165) is 37.3 Å². The molecule has 2 fully saturated rings. The third-order valence-electron chi connectivity index (χ3n) is 4.65. The van der Waals surface area contributed by atoms with Crippen molar-refractivity contribution in [1.82, 2.24) is 19.9 Å². The molecule has 4 heterocycles. The van der Waals surface area contributed by atoms with E-state index in [1.54, 1.807) is 12.4 Å². The maximum Gasteiger partial charge on any atom is 0.251 e. The highest BCUT2D eigenvalue weighted by Crippen LogP contribution is 2.19. The van der Waals surface area contributed by atoms with Crippen molar-refractivity contribution in [1.29, 1.82) is 0 Å². The standard InChI is InChI=1S/C18H21N5O2/c24-17(16-5-3-13-25-16)22-9-11-23(12-10-22)18-20-8-6-15(21-18)14-4-1-2-7-19-14/h1-2,4,6-8,16H,3,5,9-13H2. The molecule has 0 radical (unpaired) electrons. The Bertz CT molecular complexity index is 725. The van der Waals surface area contributed by atoms with E-state index in [-0.39, 0.29) is 12.0 Å². The van der Waals surface area contributed by atoms with Crippen LogP contribution in [0.1, 0.15) is 12.8 Å². The number of piperazine rings is 1. The molecule has 7 heteroatoms. The van der Waals surface area contributed by atoms with Crippen LogP contribution in [0.15, 0.2) is 36.7 Å². The summed E-state index contributed by atoms with van der Waals surface area (Å²) in [6, 6.07) is 7.63. The summed E-state index contributed by atoms with van der Waals surface area (Å²) >= 11 is 0. The maximum absolute atomic E-state index is 12.4. The van der Waals surface area contributed by atoms with Gasteiger partial charge in [0.15, 0.2) is 0 Å². The van der Waals surface area contributed by atoms with Crippen molar-refractivity contribution in [2.24, 2.45) is 0 Å². The summed E-state index contributed by atoms with van der Waals surface area (Å²) in [6.45, 7) is 3.50. The second-order valence-corrected chi connectivity index (χ2v) is 6.27. The fraction of sp³-hybridized carbons (Fsp3) is 0.444. The molecule has 7 nitrogen and oxygen atoms in total. The molecule has 4 rings (SSSR count). The number of aromatic nitrogens is 3. The zero-order valence-corrected chi connectivity index (χ0v) is 14.0. The Balaban J connectivity index is 1.42. The van der Waals surface area contributed by atoms with E-state index < -0.39 is 0 Å². The summed E-state index contributed by atoms with van der Waals surface area (Å²) in [5, 5.41) is 0. The van der Waals surface area contributed by atoms with Gasteiger partial charge in [-0.3, -0.25) is 9.78 Å². The Labute approximate surface area is 146 Å². The quantitative estimate of drug-likeness (QED) is 0.841. The second kappa shape index (κ2) is 7.14. The highest BCUT2D eigenvalue weighted by atomic mass is 16.5. The van der Waals surface area contributed by atoms with Crippen molar-refractivity contribution in [3.8, 4) is 11.4 Å². The number of carbonyl (C=O) groups excluding carboxylic acids is 1. The SMILES string of the molecule is O=C(C1CCCO1)N1CCN(c2nccc(-c3ccccn3)n2)CC1. The number of hydrogen-bond donors (Lipinski definition) is 0. The zero-order chi connectivity index (χ0) is 17.1. The second-order valence-electron chi connectivity index (χ2n) is 6.27. The molecule has 0 saturated carbocycles. The van der Waals surface area contributed by atoms with Gasteiger partial charge in [0.2, 0.25) is 5.95 Å². The number of anilines is 1. The van der Waals surface area contributed by atoms with Gasteiger partial charge in [0.1, 0.15) is 6.10 Å². The molecule has 1 unspecified atom stereocenters. The summed E-state index contributed by atoms with van der Waals surface area (Å²) in [5.74, 6) is 0.813. The van der Waals surface area contributed by atoms with E-state index in [4.69, 9.17) is 4.74 Å². The highest BCUT2D eigenvalue weighted by Gasteiger charge is 2.30. The third kappa shape index (κ3) is 3.46. The van der Waals surface area contributed by atoms with Gasteiger partial charge in [-0.1, -0.05) is 6.07 Å². The molecular weight excluding hydrogens is 318 g/mol. The number of pyridine rings is 1. The van der Waals surface area contributed by atoms with E-state index in [2.05, 4.69) is 19.9 Å². The lowest BCUT2D eigenvalue weighted by atomic mass is 10.2. The van der Waals surface area contributed by atoms with Crippen LogP contribution in [0.4, 0.5) is 5.95 Å². The van der Waals surface area contributed by atoms with Crippen molar-refractivity contribution in [3.63, 3.8) is 0 Å². The molecule has 0 aromatic carbocycles. The molecule has 2 aromatic rings. The van der Waals surface area contributed by atoms with Gasteiger partial charge < -0.3 is 14.5 Å². The molecule has 2 aliphatic rings. The van der Waals surface area contributed by atoms with Crippen LogP contribution < -0.4 is 4.90 Å². The van der Waals surface area contributed by atoms with Crippen molar-refractivity contribution in [2.45, 2.75) is 18.9 Å². The fourth-order valence-electron chi connectivity index (χ4n) is 3.26. The van der Waals surface area contributed by atoms with Crippen LogP contribution >= 0.6 is 0 Å². The maximum atomic E-state index is 12.4. The van der Waals surface area contributed by atoms with Crippen LogP contribution in [0.3, 0.4) is 0 Å².